The molecule has 0 spiro atoms. The minimum absolute atomic E-state index is 0.133. The molecule has 2 N–H and O–H groups in total. The predicted molar refractivity (Wildman–Crippen MR) is 133 cm³/mol. The average molecular weight is 440 g/mol. The van der Waals surface area contributed by atoms with Gasteiger partial charge in [-0.2, -0.15) is 5.10 Å². The van der Waals surface area contributed by atoms with Crippen LogP contribution in [0.3, 0.4) is 0 Å². The molecule has 0 atom stereocenters. The molecule has 1 amide bonds. The van der Waals surface area contributed by atoms with Crippen LogP contribution in [0.5, 0.6) is 11.5 Å². The van der Waals surface area contributed by atoms with Crippen LogP contribution in [0.1, 0.15) is 12.5 Å². The fourth-order valence-electron chi connectivity index (χ4n) is 3.35. The number of benzene rings is 4. The third-order valence-corrected chi connectivity index (χ3v) is 4.87. The normalized spacial score (nSPS) is 10.8. The number of carbonyl (C=O) groups is 1. The summed E-state index contributed by atoms with van der Waals surface area (Å²) in [5.74, 6) is 0.809. The maximum absolute atomic E-state index is 12.5. The van der Waals surface area contributed by atoms with Crippen LogP contribution in [-0.4, -0.2) is 25.3 Å². The SMILES string of the molecule is CCOc1cc(C=NNc2ccccc2)ccc1OCC(=O)Nc1cccc2ccccc12. The molecule has 4 aromatic rings. The first-order valence-electron chi connectivity index (χ1n) is 10.7. The third-order valence-electron chi connectivity index (χ3n) is 4.87. The van der Waals surface area contributed by atoms with Crippen LogP contribution in [-0.2, 0) is 4.79 Å². The fraction of sp³-hybridized carbons (Fsp3) is 0.111. The molecule has 6 nitrogen and oxygen atoms in total. The number of ether oxygens (including phenoxy) is 2. The van der Waals surface area contributed by atoms with E-state index in [0.717, 1.165) is 27.7 Å². The molecule has 0 bridgehead atoms. The smallest absolute Gasteiger partial charge is 0.262 e. The molecule has 6 heteroatoms. The van der Waals surface area contributed by atoms with E-state index in [0.29, 0.717) is 18.1 Å². The maximum atomic E-state index is 12.5. The number of hydrogen-bond acceptors (Lipinski definition) is 5. The number of anilines is 2. The average Bonchev–Trinajstić information content (AvgIpc) is 2.85. The Morgan fingerprint density at radius 2 is 1.67 bits per heavy atom. The molecule has 0 heterocycles. The van der Waals surface area contributed by atoms with Crippen molar-refractivity contribution < 1.29 is 14.3 Å². The van der Waals surface area contributed by atoms with Gasteiger partial charge in [-0.1, -0.05) is 54.6 Å². The van der Waals surface area contributed by atoms with E-state index >= 15 is 0 Å². The van der Waals surface area contributed by atoms with Crippen molar-refractivity contribution in [3.63, 3.8) is 0 Å². The zero-order valence-corrected chi connectivity index (χ0v) is 18.3. The summed E-state index contributed by atoms with van der Waals surface area (Å²) >= 11 is 0. The highest BCUT2D eigenvalue weighted by molar-refractivity contribution is 6.02. The van der Waals surface area contributed by atoms with Crippen molar-refractivity contribution in [1.82, 2.24) is 0 Å². The van der Waals surface area contributed by atoms with Crippen LogP contribution in [0.4, 0.5) is 11.4 Å². The van der Waals surface area contributed by atoms with Gasteiger partial charge in [-0.05, 0) is 54.3 Å². The molecule has 166 valence electrons. The lowest BCUT2D eigenvalue weighted by molar-refractivity contribution is -0.118. The second-order valence-corrected chi connectivity index (χ2v) is 7.24. The lowest BCUT2D eigenvalue weighted by Gasteiger charge is -2.13. The highest BCUT2D eigenvalue weighted by Gasteiger charge is 2.10. The van der Waals surface area contributed by atoms with Gasteiger partial charge >= 0.3 is 0 Å². The first kappa shape index (κ1) is 21.9. The largest absolute Gasteiger partial charge is 0.490 e. The molecule has 0 saturated heterocycles. The molecule has 4 aromatic carbocycles. The van der Waals surface area contributed by atoms with Gasteiger partial charge in [0.2, 0.25) is 0 Å². The summed E-state index contributed by atoms with van der Waals surface area (Å²) in [6.07, 6.45) is 1.70. The molecule has 33 heavy (non-hydrogen) atoms. The fourth-order valence-corrected chi connectivity index (χ4v) is 3.35. The van der Waals surface area contributed by atoms with Crippen LogP contribution in [0.15, 0.2) is 96.1 Å². The van der Waals surface area contributed by atoms with Gasteiger partial charge in [0.25, 0.3) is 5.91 Å². The van der Waals surface area contributed by atoms with Gasteiger partial charge in [0.1, 0.15) is 0 Å². The van der Waals surface area contributed by atoms with E-state index in [4.69, 9.17) is 9.47 Å². The van der Waals surface area contributed by atoms with Crippen LogP contribution in [0.25, 0.3) is 10.8 Å². The topological polar surface area (TPSA) is 71.9 Å². The van der Waals surface area contributed by atoms with Gasteiger partial charge in [0, 0.05) is 11.1 Å². The van der Waals surface area contributed by atoms with Gasteiger partial charge in [0.15, 0.2) is 18.1 Å². The minimum Gasteiger partial charge on any atom is -0.490 e. The number of rotatable bonds is 9. The van der Waals surface area contributed by atoms with Crippen LogP contribution < -0.4 is 20.2 Å². The van der Waals surface area contributed by atoms with E-state index in [1.54, 1.807) is 12.3 Å². The van der Waals surface area contributed by atoms with E-state index in [2.05, 4.69) is 15.8 Å². The highest BCUT2D eigenvalue weighted by atomic mass is 16.5. The molecular weight excluding hydrogens is 414 g/mol. The van der Waals surface area contributed by atoms with Crippen molar-refractivity contribution in [2.45, 2.75) is 6.92 Å². The zero-order chi connectivity index (χ0) is 22.9. The van der Waals surface area contributed by atoms with Crippen LogP contribution in [0.2, 0.25) is 0 Å². The summed E-state index contributed by atoms with van der Waals surface area (Å²) < 4.78 is 11.5. The van der Waals surface area contributed by atoms with Crippen LogP contribution >= 0.6 is 0 Å². The number of nitrogens with zero attached hydrogens (tertiary/aromatic N) is 1. The molecule has 0 fully saturated rings. The van der Waals surface area contributed by atoms with Gasteiger partial charge in [-0.3, -0.25) is 10.2 Å². The lowest BCUT2D eigenvalue weighted by Crippen LogP contribution is -2.20. The Morgan fingerprint density at radius 3 is 2.52 bits per heavy atom. The highest BCUT2D eigenvalue weighted by Crippen LogP contribution is 2.28. The van der Waals surface area contributed by atoms with E-state index in [-0.39, 0.29) is 12.5 Å². The van der Waals surface area contributed by atoms with Crippen molar-refractivity contribution in [2.24, 2.45) is 5.10 Å². The van der Waals surface area contributed by atoms with Gasteiger partial charge in [-0.25, -0.2) is 0 Å². The predicted octanol–water partition coefficient (Wildman–Crippen LogP) is 5.70. The van der Waals surface area contributed by atoms with Crippen molar-refractivity contribution in [3.8, 4) is 11.5 Å². The molecule has 0 aliphatic heterocycles. The number of carbonyl (C=O) groups excluding carboxylic acids is 1. The number of hydrogen-bond donors (Lipinski definition) is 2. The third kappa shape index (κ3) is 5.89. The van der Waals surface area contributed by atoms with Crippen molar-refractivity contribution in [3.05, 3.63) is 96.6 Å². The van der Waals surface area contributed by atoms with Crippen molar-refractivity contribution >= 4 is 34.3 Å². The second-order valence-electron chi connectivity index (χ2n) is 7.24. The number of nitrogens with one attached hydrogen (secondary N) is 2. The Labute approximate surface area is 192 Å². The van der Waals surface area contributed by atoms with Crippen molar-refractivity contribution in [1.29, 1.82) is 0 Å². The molecule has 0 aromatic heterocycles. The molecule has 0 radical (unpaired) electrons. The van der Waals surface area contributed by atoms with E-state index in [9.17, 15) is 4.79 Å². The monoisotopic (exact) mass is 439 g/mol. The molecule has 4 rings (SSSR count). The number of amides is 1. The van der Waals surface area contributed by atoms with E-state index in [1.807, 2.05) is 91.9 Å². The van der Waals surface area contributed by atoms with E-state index < -0.39 is 0 Å². The Hall–Kier alpha value is -4.32. The summed E-state index contributed by atoms with van der Waals surface area (Å²) in [5, 5.41) is 9.23. The first-order chi connectivity index (χ1) is 16.2. The molecule has 0 unspecified atom stereocenters. The molecule has 0 saturated carbocycles. The van der Waals surface area contributed by atoms with Gasteiger partial charge in [-0.15, -0.1) is 0 Å². The first-order valence-corrected chi connectivity index (χ1v) is 10.7. The maximum Gasteiger partial charge on any atom is 0.262 e. The minimum atomic E-state index is -0.244. The summed E-state index contributed by atoms with van der Waals surface area (Å²) in [6, 6.07) is 28.9. The Morgan fingerprint density at radius 1 is 0.879 bits per heavy atom. The summed E-state index contributed by atoms with van der Waals surface area (Å²) in [5.41, 5.74) is 5.47. The number of fused-ring (bicyclic) bond motifs is 1. The number of para-hydroxylation sites is 1. The number of hydrazone groups is 1. The Balaban J connectivity index is 1.40. The molecule has 0 aliphatic rings. The Kier molecular flexibility index (Phi) is 7.18. The zero-order valence-electron chi connectivity index (χ0n) is 18.3. The summed E-state index contributed by atoms with van der Waals surface area (Å²) in [7, 11) is 0. The standard InChI is InChI=1S/C27H25N3O3/c1-2-32-26-17-20(18-28-30-22-11-4-3-5-12-22)15-16-25(26)33-19-27(31)29-24-14-8-10-21-9-6-7-13-23(21)24/h3-18,30H,2,19H2,1H3,(H,29,31). The van der Waals surface area contributed by atoms with Gasteiger partial charge < -0.3 is 14.8 Å². The molecular formula is C27H25N3O3. The lowest BCUT2D eigenvalue weighted by atomic mass is 10.1. The quantitative estimate of drug-likeness (QED) is 0.259. The van der Waals surface area contributed by atoms with Crippen molar-refractivity contribution in [2.75, 3.05) is 24.0 Å². The van der Waals surface area contributed by atoms with E-state index in [1.165, 1.54) is 0 Å². The molecule has 0 aliphatic carbocycles. The second kappa shape index (κ2) is 10.8. The summed E-state index contributed by atoms with van der Waals surface area (Å²) in [4.78, 5) is 12.5. The van der Waals surface area contributed by atoms with Crippen LogP contribution in [0, 0.1) is 0 Å². The summed E-state index contributed by atoms with van der Waals surface area (Å²) in [6.45, 7) is 2.24. The van der Waals surface area contributed by atoms with Gasteiger partial charge in [0.05, 0.1) is 18.5 Å². The Bertz CT molecular complexity index is 1250.